The van der Waals surface area contributed by atoms with Crippen molar-refractivity contribution in [3.8, 4) is 0 Å². The molecule has 0 aromatic heterocycles. The SMILES string of the molecule is CC1CC(=O)N(Cc2cc([N+](=O)[O-])ccc2Cl)C(=O)C1. The highest BCUT2D eigenvalue weighted by Crippen LogP contribution is 2.26. The molecular formula is C13H13ClN2O4. The number of halogens is 1. The number of amides is 2. The van der Waals surface area contributed by atoms with Crippen molar-refractivity contribution in [3.63, 3.8) is 0 Å². The van der Waals surface area contributed by atoms with E-state index in [9.17, 15) is 19.7 Å². The van der Waals surface area contributed by atoms with E-state index in [1.54, 1.807) is 0 Å². The summed E-state index contributed by atoms with van der Waals surface area (Å²) in [5.41, 5.74) is 0.284. The molecule has 1 aliphatic heterocycles. The highest BCUT2D eigenvalue weighted by atomic mass is 35.5. The van der Waals surface area contributed by atoms with Crippen molar-refractivity contribution >= 4 is 29.1 Å². The number of nitrogens with zero attached hydrogens (tertiary/aromatic N) is 2. The van der Waals surface area contributed by atoms with E-state index in [1.807, 2.05) is 6.92 Å². The molecule has 0 unspecified atom stereocenters. The van der Waals surface area contributed by atoms with E-state index in [1.165, 1.54) is 18.2 Å². The van der Waals surface area contributed by atoms with Crippen LogP contribution in [0.15, 0.2) is 18.2 Å². The molecule has 1 heterocycles. The van der Waals surface area contributed by atoms with Gasteiger partial charge >= 0.3 is 0 Å². The lowest BCUT2D eigenvalue weighted by Crippen LogP contribution is -2.42. The van der Waals surface area contributed by atoms with Crippen molar-refractivity contribution in [3.05, 3.63) is 38.9 Å². The maximum atomic E-state index is 11.9. The van der Waals surface area contributed by atoms with E-state index in [0.717, 1.165) is 4.90 Å². The van der Waals surface area contributed by atoms with E-state index in [2.05, 4.69) is 0 Å². The second-order valence-corrected chi connectivity index (χ2v) is 5.33. The number of likely N-dealkylation sites (tertiary alicyclic amines) is 1. The molecule has 0 radical (unpaired) electrons. The molecule has 2 amide bonds. The molecule has 0 spiro atoms. The van der Waals surface area contributed by atoms with Crippen LogP contribution in [0.25, 0.3) is 0 Å². The highest BCUT2D eigenvalue weighted by Gasteiger charge is 2.30. The van der Waals surface area contributed by atoms with Gasteiger partial charge in [0, 0.05) is 30.0 Å². The topological polar surface area (TPSA) is 80.5 Å². The Hall–Kier alpha value is -1.95. The summed E-state index contributed by atoms with van der Waals surface area (Å²) in [4.78, 5) is 35.1. The standard InChI is InChI=1S/C13H13ClN2O4/c1-8-4-12(17)15(13(18)5-8)7-9-6-10(16(19)20)2-3-11(9)14/h2-3,6,8H,4-5,7H2,1H3. The quantitative estimate of drug-likeness (QED) is 0.487. The number of non-ortho nitro benzene ring substituents is 1. The van der Waals surface area contributed by atoms with Crippen LogP contribution < -0.4 is 0 Å². The maximum Gasteiger partial charge on any atom is 0.269 e. The van der Waals surface area contributed by atoms with Gasteiger partial charge in [0.05, 0.1) is 11.5 Å². The van der Waals surface area contributed by atoms with Crippen LogP contribution in [0.3, 0.4) is 0 Å². The zero-order valence-electron chi connectivity index (χ0n) is 10.8. The molecule has 20 heavy (non-hydrogen) atoms. The smallest absolute Gasteiger partial charge is 0.269 e. The molecule has 1 saturated heterocycles. The summed E-state index contributed by atoms with van der Waals surface area (Å²) in [6.45, 7) is 1.82. The van der Waals surface area contributed by atoms with Gasteiger partial charge in [-0.3, -0.25) is 24.6 Å². The summed E-state index contributed by atoms with van der Waals surface area (Å²) in [6, 6.07) is 3.98. The molecule has 2 rings (SSSR count). The highest BCUT2D eigenvalue weighted by molar-refractivity contribution is 6.31. The number of carbonyl (C=O) groups is 2. The van der Waals surface area contributed by atoms with Crippen LogP contribution in [0.5, 0.6) is 0 Å². The molecule has 0 atom stereocenters. The Labute approximate surface area is 120 Å². The fraction of sp³-hybridized carbons (Fsp3) is 0.385. The Morgan fingerprint density at radius 2 is 1.95 bits per heavy atom. The van der Waals surface area contributed by atoms with Crippen molar-refractivity contribution in [2.24, 2.45) is 5.92 Å². The number of nitro groups is 1. The lowest BCUT2D eigenvalue weighted by atomic mass is 9.97. The minimum atomic E-state index is -0.540. The minimum Gasteiger partial charge on any atom is -0.278 e. The van der Waals surface area contributed by atoms with Gasteiger partial charge in [-0.2, -0.15) is 0 Å². The van der Waals surface area contributed by atoms with E-state index < -0.39 is 4.92 Å². The van der Waals surface area contributed by atoms with Crippen LogP contribution in [-0.4, -0.2) is 21.6 Å². The van der Waals surface area contributed by atoms with Crippen LogP contribution in [0.4, 0.5) is 5.69 Å². The Morgan fingerprint density at radius 1 is 1.35 bits per heavy atom. The Bertz CT molecular complexity index is 570. The largest absolute Gasteiger partial charge is 0.278 e. The van der Waals surface area contributed by atoms with Crippen molar-refractivity contribution in [1.29, 1.82) is 0 Å². The number of piperidine rings is 1. The number of nitro benzene ring substituents is 1. The maximum absolute atomic E-state index is 11.9. The lowest BCUT2D eigenvalue weighted by molar-refractivity contribution is -0.384. The van der Waals surface area contributed by atoms with Crippen LogP contribution in [0, 0.1) is 16.0 Å². The molecule has 1 fully saturated rings. The normalized spacial score (nSPS) is 16.6. The van der Waals surface area contributed by atoms with Gasteiger partial charge in [0.2, 0.25) is 11.8 Å². The summed E-state index contributed by atoms with van der Waals surface area (Å²) < 4.78 is 0. The summed E-state index contributed by atoms with van der Waals surface area (Å²) >= 11 is 5.97. The van der Waals surface area contributed by atoms with Crippen molar-refractivity contribution < 1.29 is 14.5 Å². The van der Waals surface area contributed by atoms with Gasteiger partial charge in [0.1, 0.15) is 0 Å². The molecule has 106 valence electrons. The van der Waals surface area contributed by atoms with E-state index in [4.69, 9.17) is 11.6 Å². The number of rotatable bonds is 3. The molecule has 0 bridgehead atoms. The third kappa shape index (κ3) is 2.96. The van der Waals surface area contributed by atoms with E-state index >= 15 is 0 Å². The first kappa shape index (κ1) is 14.5. The predicted octanol–water partition coefficient (Wildman–Crippen LogP) is 2.53. The Kier molecular flexibility index (Phi) is 4.04. The molecular weight excluding hydrogens is 284 g/mol. The third-order valence-corrected chi connectivity index (χ3v) is 3.59. The number of benzene rings is 1. The van der Waals surface area contributed by atoms with Gasteiger partial charge in [0.25, 0.3) is 5.69 Å². The van der Waals surface area contributed by atoms with Crippen molar-refractivity contribution in [1.82, 2.24) is 4.90 Å². The first-order valence-corrected chi connectivity index (χ1v) is 6.52. The number of imide groups is 1. The number of hydrogen-bond acceptors (Lipinski definition) is 4. The molecule has 1 aromatic rings. The van der Waals surface area contributed by atoms with E-state index in [0.29, 0.717) is 23.4 Å². The Morgan fingerprint density at radius 3 is 2.50 bits per heavy atom. The molecule has 6 nitrogen and oxygen atoms in total. The van der Waals surface area contributed by atoms with E-state index in [-0.39, 0.29) is 30.0 Å². The predicted molar refractivity (Wildman–Crippen MR) is 72.1 cm³/mol. The molecule has 1 aromatic carbocycles. The zero-order chi connectivity index (χ0) is 14.9. The average Bonchev–Trinajstić information content (AvgIpc) is 2.35. The van der Waals surface area contributed by atoms with Crippen molar-refractivity contribution in [2.75, 3.05) is 0 Å². The van der Waals surface area contributed by atoms with Crippen LogP contribution in [-0.2, 0) is 16.1 Å². The third-order valence-electron chi connectivity index (χ3n) is 3.22. The van der Waals surface area contributed by atoms with Crippen molar-refractivity contribution in [2.45, 2.75) is 26.3 Å². The summed E-state index contributed by atoms with van der Waals surface area (Å²) in [7, 11) is 0. The van der Waals surface area contributed by atoms with Gasteiger partial charge in [0.15, 0.2) is 0 Å². The Balaban J connectivity index is 2.25. The lowest BCUT2D eigenvalue weighted by Gasteiger charge is -2.28. The van der Waals surface area contributed by atoms with Gasteiger partial charge in [-0.15, -0.1) is 0 Å². The van der Waals surface area contributed by atoms with Crippen LogP contribution >= 0.6 is 11.6 Å². The van der Waals surface area contributed by atoms with Gasteiger partial charge in [-0.05, 0) is 17.5 Å². The summed E-state index contributed by atoms with van der Waals surface area (Å²) in [6.07, 6.45) is 0.608. The zero-order valence-corrected chi connectivity index (χ0v) is 11.6. The van der Waals surface area contributed by atoms with Gasteiger partial charge in [-0.1, -0.05) is 18.5 Å². The fourth-order valence-corrected chi connectivity index (χ4v) is 2.35. The molecule has 7 heteroatoms. The van der Waals surface area contributed by atoms with Gasteiger partial charge < -0.3 is 0 Å². The molecule has 1 aliphatic rings. The fourth-order valence-electron chi connectivity index (χ4n) is 2.17. The first-order chi connectivity index (χ1) is 9.38. The monoisotopic (exact) mass is 296 g/mol. The molecule has 0 aliphatic carbocycles. The number of hydrogen-bond donors (Lipinski definition) is 0. The first-order valence-electron chi connectivity index (χ1n) is 6.14. The van der Waals surface area contributed by atoms with Gasteiger partial charge in [-0.25, -0.2) is 0 Å². The summed E-state index contributed by atoms with van der Waals surface area (Å²) in [5.74, 6) is -0.500. The summed E-state index contributed by atoms with van der Waals surface area (Å²) in [5, 5.41) is 11.0. The average molecular weight is 297 g/mol. The molecule has 0 saturated carbocycles. The second-order valence-electron chi connectivity index (χ2n) is 4.92. The van der Waals surface area contributed by atoms with Crippen LogP contribution in [0.1, 0.15) is 25.3 Å². The minimum absolute atomic E-state index is 0.0229. The second kappa shape index (κ2) is 5.58. The van der Waals surface area contributed by atoms with Crippen LogP contribution in [0.2, 0.25) is 5.02 Å². The number of carbonyl (C=O) groups excluding carboxylic acids is 2. The molecule has 0 N–H and O–H groups in total.